The standard InChI is InChI=1S/C18H23N3O2S/c22-24(23,17-9-5-2-6-10-17)20-15-18(16-7-3-1-4-8-16)21-13-11-19-12-14-21/h1-10,18-20H,11-15H2/t18-/m0/s1. The molecular formula is C18H23N3O2S. The first-order chi connectivity index (χ1) is 11.7. The summed E-state index contributed by atoms with van der Waals surface area (Å²) in [6, 6.07) is 18.6. The van der Waals surface area contributed by atoms with Crippen molar-refractivity contribution in [2.24, 2.45) is 0 Å². The fourth-order valence-corrected chi connectivity index (χ4v) is 4.06. The predicted molar refractivity (Wildman–Crippen MR) is 95.3 cm³/mol. The largest absolute Gasteiger partial charge is 0.314 e. The van der Waals surface area contributed by atoms with Crippen molar-refractivity contribution in [1.82, 2.24) is 14.9 Å². The van der Waals surface area contributed by atoms with E-state index in [9.17, 15) is 8.42 Å². The normalized spacial score (nSPS) is 17.5. The summed E-state index contributed by atoms with van der Waals surface area (Å²) in [4.78, 5) is 2.64. The number of piperazine rings is 1. The molecule has 0 saturated carbocycles. The van der Waals surface area contributed by atoms with Crippen LogP contribution in [0.15, 0.2) is 65.6 Å². The van der Waals surface area contributed by atoms with Gasteiger partial charge in [-0.3, -0.25) is 4.90 Å². The molecule has 0 radical (unpaired) electrons. The van der Waals surface area contributed by atoms with Crippen LogP contribution in [0.4, 0.5) is 0 Å². The molecule has 1 heterocycles. The average molecular weight is 345 g/mol. The highest BCUT2D eigenvalue weighted by Crippen LogP contribution is 2.21. The van der Waals surface area contributed by atoms with Crippen molar-refractivity contribution in [1.29, 1.82) is 0 Å². The molecule has 2 N–H and O–H groups in total. The first-order valence-corrected chi connectivity index (χ1v) is 9.69. The molecule has 0 amide bonds. The number of nitrogens with one attached hydrogen (secondary N) is 2. The molecule has 128 valence electrons. The second kappa shape index (κ2) is 7.90. The Bertz CT molecular complexity index is 729. The molecule has 1 fully saturated rings. The zero-order valence-corrected chi connectivity index (χ0v) is 14.4. The van der Waals surface area contributed by atoms with E-state index in [2.05, 4.69) is 27.1 Å². The van der Waals surface area contributed by atoms with Crippen LogP contribution in [0.5, 0.6) is 0 Å². The summed E-state index contributed by atoms with van der Waals surface area (Å²) in [6.45, 7) is 4.03. The molecule has 1 atom stereocenters. The van der Waals surface area contributed by atoms with E-state index in [1.54, 1.807) is 24.3 Å². The molecule has 2 aromatic carbocycles. The molecule has 1 aliphatic heterocycles. The van der Waals surface area contributed by atoms with E-state index in [1.165, 1.54) is 0 Å². The van der Waals surface area contributed by atoms with Crippen molar-refractivity contribution < 1.29 is 8.42 Å². The van der Waals surface area contributed by atoms with Crippen molar-refractivity contribution in [3.63, 3.8) is 0 Å². The van der Waals surface area contributed by atoms with Gasteiger partial charge in [0.25, 0.3) is 0 Å². The summed E-state index contributed by atoms with van der Waals surface area (Å²) in [6.07, 6.45) is 0. The Labute approximate surface area is 143 Å². The maximum absolute atomic E-state index is 12.5. The highest BCUT2D eigenvalue weighted by molar-refractivity contribution is 7.89. The molecule has 6 heteroatoms. The van der Waals surface area contributed by atoms with Gasteiger partial charge in [-0.15, -0.1) is 0 Å². The summed E-state index contributed by atoms with van der Waals surface area (Å²) in [5.74, 6) is 0. The third-order valence-electron chi connectivity index (χ3n) is 4.30. The van der Waals surface area contributed by atoms with Gasteiger partial charge in [-0.25, -0.2) is 13.1 Å². The molecule has 0 aliphatic carbocycles. The van der Waals surface area contributed by atoms with Gasteiger partial charge in [0.05, 0.1) is 4.90 Å². The Hall–Kier alpha value is -1.73. The van der Waals surface area contributed by atoms with Gasteiger partial charge in [0.15, 0.2) is 0 Å². The van der Waals surface area contributed by atoms with Crippen LogP contribution in [0.25, 0.3) is 0 Å². The number of benzene rings is 2. The van der Waals surface area contributed by atoms with Gasteiger partial charge in [0, 0.05) is 38.8 Å². The molecule has 5 nitrogen and oxygen atoms in total. The van der Waals surface area contributed by atoms with Gasteiger partial charge in [-0.05, 0) is 17.7 Å². The van der Waals surface area contributed by atoms with E-state index in [0.717, 1.165) is 31.7 Å². The predicted octanol–water partition coefficient (Wildman–Crippen LogP) is 1.61. The second-order valence-corrected chi connectivity index (χ2v) is 7.64. The molecule has 0 unspecified atom stereocenters. The van der Waals surface area contributed by atoms with E-state index < -0.39 is 10.0 Å². The quantitative estimate of drug-likeness (QED) is 0.835. The minimum absolute atomic E-state index is 0.0341. The van der Waals surface area contributed by atoms with E-state index in [4.69, 9.17) is 0 Å². The lowest BCUT2D eigenvalue weighted by Crippen LogP contribution is -2.48. The minimum atomic E-state index is -3.49. The van der Waals surface area contributed by atoms with E-state index in [1.807, 2.05) is 24.3 Å². The Morgan fingerprint density at radius 3 is 2.17 bits per heavy atom. The number of hydrogen-bond acceptors (Lipinski definition) is 4. The molecule has 24 heavy (non-hydrogen) atoms. The van der Waals surface area contributed by atoms with Crippen molar-refractivity contribution in [2.75, 3.05) is 32.7 Å². The zero-order valence-electron chi connectivity index (χ0n) is 13.6. The van der Waals surface area contributed by atoms with Crippen LogP contribution in [0.2, 0.25) is 0 Å². The molecule has 1 saturated heterocycles. The summed E-state index contributed by atoms with van der Waals surface area (Å²) in [5.41, 5.74) is 1.13. The molecule has 1 aliphatic rings. The maximum Gasteiger partial charge on any atom is 0.240 e. The minimum Gasteiger partial charge on any atom is -0.314 e. The summed E-state index contributed by atoms with van der Waals surface area (Å²) in [7, 11) is -3.49. The molecule has 0 aromatic heterocycles. The van der Waals surface area contributed by atoms with Gasteiger partial charge in [0.1, 0.15) is 0 Å². The lowest BCUT2D eigenvalue weighted by Gasteiger charge is -2.35. The van der Waals surface area contributed by atoms with E-state index in [-0.39, 0.29) is 6.04 Å². The molecule has 3 rings (SSSR count). The Morgan fingerprint density at radius 1 is 0.958 bits per heavy atom. The summed E-state index contributed by atoms with van der Waals surface area (Å²) < 4.78 is 27.8. The molecule has 2 aromatic rings. The van der Waals surface area contributed by atoms with Crippen LogP contribution in [0.3, 0.4) is 0 Å². The lowest BCUT2D eigenvalue weighted by atomic mass is 10.0. The fraction of sp³-hybridized carbons (Fsp3) is 0.333. The Balaban J connectivity index is 1.77. The first kappa shape index (κ1) is 17.1. The van der Waals surface area contributed by atoms with Gasteiger partial charge >= 0.3 is 0 Å². The monoisotopic (exact) mass is 345 g/mol. The highest BCUT2D eigenvalue weighted by Gasteiger charge is 2.24. The van der Waals surface area contributed by atoms with Crippen molar-refractivity contribution >= 4 is 10.0 Å². The second-order valence-electron chi connectivity index (χ2n) is 5.88. The molecule has 0 spiro atoms. The van der Waals surface area contributed by atoms with E-state index in [0.29, 0.717) is 11.4 Å². The SMILES string of the molecule is O=S(=O)(NC[C@@H](c1ccccc1)N1CCNCC1)c1ccccc1. The summed E-state index contributed by atoms with van der Waals surface area (Å²) in [5, 5.41) is 3.34. The van der Waals surface area contributed by atoms with Gasteiger partial charge in [0.2, 0.25) is 10.0 Å². The van der Waals surface area contributed by atoms with Crippen LogP contribution < -0.4 is 10.0 Å². The number of sulfonamides is 1. The maximum atomic E-state index is 12.5. The van der Waals surface area contributed by atoms with Crippen LogP contribution in [0, 0.1) is 0 Å². The number of nitrogens with zero attached hydrogens (tertiary/aromatic N) is 1. The van der Waals surface area contributed by atoms with Crippen molar-refractivity contribution in [3.8, 4) is 0 Å². The van der Waals surface area contributed by atoms with Gasteiger partial charge in [-0.1, -0.05) is 48.5 Å². The van der Waals surface area contributed by atoms with Crippen LogP contribution in [0.1, 0.15) is 11.6 Å². The van der Waals surface area contributed by atoms with Gasteiger partial charge < -0.3 is 5.32 Å². The van der Waals surface area contributed by atoms with E-state index >= 15 is 0 Å². The highest BCUT2D eigenvalue weighted by atomic mass is 32.2. The third-order valence-corrected chi connectivity index (χ3v) is 5.74. The number of rotatable bonds is 6. The summed E-state index contributed by atoms with van der Waals surface area (Å²) >= 11 is 0. The zero-order chi connectivity index (χ0) is 16.8. The smallest absolute Gasteiger partial charge is 0.240 e. The Kier molecular flexibility index (Phi) is 5.63. The van der Waals surface area contributed by atoms with Crippen molar-refractivity contribution in [2.45, 2.75) is 10.9 Å². The van der Waals surface area contributed by atoms with Crippen LogP contribution in [-0.2, 0) is 10.0 Å². The molecule has 0 bridgehead atoms. The Morgan fingerprint density at radius 2 is 1.54 bits per heavy atom. The van der Waals surface area contributed by atoms with Gasteiger partial charge in [-0.2, -0.15) is 0 Å². The third kappa shape index (κ3) is 4.21. The fourth-order valence-electron chi connectivity index (χ4n) is 3.00. The number of hydrogen-bond donors (Lipinski definition) is 2. The van der Waals surface area contributed by atoms with Crippen LogP contribution >= 0.6 is 0 Å². The molecular weight excluding hydrogens is 322 g/mol. The lowest BCUT2D eigenvalue weighted by molar-refractivity contribution is 0.175. The van der Waals surface area contributed by atoms with Crippen molar-refractivity contribution in [3.05, 3.63) is 66.2 Å². The first-order valence-electron chi connectivity index (χ1n) is 8.21. The van der Waals surface area contributed by atoms with Crippen LogP contribution in [-0.4, -0.2) is 46.0 Å². The average Bonchev–Trinajstić information content (AvgIpc) is 2.64. The topological polar surface area (TPSA) is 61.4 Å².